The average molecular weight is 532 g/mol. The quantitative estimate of drug-likeness (QED) is 0.394. The fraction of sp³-hybridized carbons (Fsp3) is 0.233. The summed E-state index contributed by atoms with van der Waals surface area (Å²) in [6, 6.07) is 9.50. The number of halogens is 1. The molecule has 0 aromatic heterocycles. The minimum Gasteiger partial charge on any atom is -0.507 e. The van der Waals surface area contributed by atoms with E-state index < -0.39 is 40.0 Å². The molecule has 5 rings (SSSR count). The van der Waals surface area contributed by atoms with E-state index in [4.69, 9.17) is 9.47 Å². The van der Waals surface area contributed by atoms with E-state index in [1.165, 1.54) is 32.2 Å². The molecule has 3 aromatic rings. The molecule has 1 heterocycles. The van der Waals surface area contributed by atoms with Gasteiger partial charge in [-0.2, -0.15) is 0 Å². The molecule has 0 radical (unpaired) electrons. The lowest BCUT2D eigenvalue weighted by Crippen LogP contribution is -2.38. The van der Waals surface area contributed by atoms with Crippen LogP contribution in [-0.4, -0.2) is 34.8 Å². The number of amides is 1. The minimum atomic E-state index is -1.66. The molecule has 39 heavy (non-hydrogen) atoms. The third kappa shape index (κ3) is 3.84. The summed E-state index contributed by atoms with van der Waals surface area (Å²) in [5.41, 5.74) is -0.497. The Bertz CT molecular complexity index is 1670. The van der Waals surface area contributed by atoms with Gasteiger partial charge in [-0.25, -0.2) is 4.39 Å². The molecule has 1 amide bonds. The number of ether oxygens (including phenoxy) is 2. The zero-order chi connectivity index (χ0) is 28.2. The monoisotopic (exact) mass is 531 g/mol. The van der Waals surface area contributed by atoms with Gasteiger partial charge in [0.2, 0.25) is 0 Å². The second-order valence-electron chi connectivity index (χ2n) is 9.66. The van der Waals surface area contributed by atoms with Gasteiger partial charge in [0, 0.05) is 18.7 Å². The van der Waals surface area contributed by atoms with Gasteiger partial charge in [0.25, 0.3) is 5.91 Å². The number of methoxy groups -OCH3 is 1. The van der Waals surface area contributed by atoms with Crippen LogP contribution in [-0.2, 0) is 28.0 Å². The van der Waals surface area contributed by atoms with Crippen molar-refractivity contribution in [2.45, 2.75) is 39.2 Å². The summed E-state index contributed by atoms with van der Waals surface area (Å²) >= 11 is 0. The molecule has 200 valence electrons. The van der Waals surface area contributed by atoms with Gasteiger partial charge in [-0.3, -0.25) is 14.4 Å². The van der Waals surface area contributed by atoms with Crippen molar-refractivity contribution >= 4 is 28.2 Å². The zero-order valence-electron chi connectivity index (χ0n) is 21.8. The predicted octanol–water partition coefficient (Wildman–Crippen LogP) is 4.70. The highest BCUT2D eigenvalue weighted by Crippen LogP contribution is 2.56. The molecule has 0 saturated heterocycles. The van der Waals surface area contributed by atoms with Crippen LogP contribution in [0, 0.1) is 5.82 Å². The number of ketones is 2. The predicted molar refractivity (Wildman–Crippen MR) is 141 cm³/mol. The van der Waals surface area contributed by atoms with Crippen LogP contribution < -0.4 is 14.8 Å². The number of rotatable bonds is 6. The minimum absolute atomic E-state index is 0.0114. The molecule has 0 saturated carbocycles. The highest BCUT2D eigenvalue weighted by atomic mass is 19.1. The SMILES string of the molecule is CCc1ccc2ccc(F)cc2c1CNC(=O)c1c(OC)cc(O)c2c1OC1=CC(O)=C(C(C)=O)C(=O)[C@]12C. The van der Waals surface area contributed by atoms with Crippen molar-refractivity contribution < 1.29 is 38.5 Å². The summed E-state index contributed by atoms with van der Waals surface area (Å²) in [6.07, 6.45) is 1.80. The van der Waals surface area contributed by atoms with Crippen LogP contribution in [0.4, 0.5) is 4.39 Å². The number of fused-ring (bicyclic) bond motifs is 4. The van der Waals surface area contributed by atoms with Crippen molar-refractivity contribution in [3.8, 4) is 17.2 Å². The number of phenols is 1. The van der Waals surface area contributed by atoms with Crippen LogP contribution >= 0.6 is 0 Å². The van der Waals surface area contributed by atoms with Crippen molar-refractivity contribution in [1.82, 2.24) is 5.32 Å². The average Bonchev–Trinajstić information content (AvgIpc) is 3.20. The molecule has 0 spiro atoms. The molecular formula is C30H26FNO7. The maximum absolute atomic E-state index is 14.1. The van der Waals surface area contributed by atoms with E-state index in [1.54, 1.807) is 6.07 Å². The number of benzene rings is 3. The van der Waals surface area contributed by atoms with Crippen LogP contribution in [0.5, 0.6) is 17.2 Å². The number of Topliss-reactive ketones (excluding diaryl/α,β-unsaturated/α-hetero) is 2. The smallest absolute Gasteiger partial charge is 0.259 e. The summed E-state index contributed by atoms with van der Waals surface area (Å²) in [5, 5.41) is 25.6. The summed E-state index contributed by atoms with van der Waals surface area (Å²) in [6.45, 7) is 4.62. The molecule has 1 atom stereocenters. The highest BCUT2D eigenvalue weighted by molar-refractivity contribution is 6.25. The Hall–Kier alpha value is -4.66. The van der Waals surface area contributed by atoms with E-state index in [9.17, 15) is 29.0 Å². The Labute approximate surface area is 223 Å². The van der Waals surface area contributed by atoms with Gasteiger partial charge in [-0.05, 0) is 54.3 Å². The first kappa shape index (κ1) is 26.0. The Morgan fingerprint density at radius 3 is 2.54 bits per heavy atom. The van der Waals surface area contributed by atoms with Gasteiger partial charge in [0.1, 0.15) is 45.4 Å². The van der Waals surface area contributed by atoms with Gasteiger partial charge >= 0.3 is 0 Å². The number of aromatic hydroxyl groups is 1. The van der Waals surface area contributed by atoms with Crippen molar-refractivity contribution in [2.24, 2.45) is 0 Å². The van der Waals surface area contributed by atoms with E-state index in [0.717, 1.165) is 29.5 Å². The molecule has 3 aromatic carbocycles. The van der Waals surface area contributed by atoms with Gasteiger partial charge < -0.3 is 25.0 Å². The molecular weight excluding hydrogens is 505 g/mol. The molecule has 2 aliphatic rings. The van der Waals surface area contributed by atoms with E-state index in [0.29, 0.717) is 11.8 Å². The van der Waals surface area contributed by atoms with Gasteiger partial charge in [-0.1, -0.05) is 25.1 Å². The number of nitrogens with one attached hydrogen (secondary N) is 1. The molecule has 0 fully saturated rings. The van der Waals surface area contributed by atoms with Crippen molar-refractivity contribution in [3.63, 3.8) is 0 Å². The highest BCUT2D eigenvalue weighted by Gasteiger charge is 2.55. The Balaban J connectivity index is 1.59. The molecule has 0 unspecified atom stereocenters. The maximum Gasteiger partial charge on any atom is 0.259 e. The number of allylic oxidation sites excluding steroid dienone is 3. The number of carbonyl (C=O) groups excluding carboxylic acids is 3. The van der Waals surface area contributed by atoms with E-state index in [2.05, 4.69) is 5.32 Å². The number of hydrogen-bond donors (Lipinski definition) is 3. The summed E-state index contributed by atoms with van der Waals surface area (Å²) in [4.78, 5) is 39.2. The number of carbonyl (C=O) groups is 3. The number of aryl methyl sites for hydroxylation is 1. The van der Waals surface area contributed by atoms with Gasteiger partial charge in [0.05, 0.1) is 12.7 Å². The molecule has 0 bridgehead atoms. The number of aliphatic hydroxyl groups excluding tert-OH is 1. The van der Waals surface area contributed by atoms with E-state index in [1.807, 2.05) is 19.1 Å². The lowest BCUT2D eigenvalue weighted by atomic mass is 9.71. The van der Waals surface area contributed by atoms with E-state index in [-0.39, 0.29) is 40.7 Å². The van der Waals surface area contributed by atoms with Gasteiger partial charge in [0.15, 0.2) is 17.3 Å². The third-order valence-corrected chi connectivity index (χ3v) is 7.43. The van der Waals surface area contributed by atoms with Crippen LogP contribution in [0.1, 0.15) is 47.8 Å². The first-order valence-corrected chi connectivity index (χ1v) is 12.3. The Kier molecular flexibility index (Phi) is 6.17. The van der Waals surface area contributed by atoms with Crippen LogP contribution in [0.25, 0.3) is 10.8 Å². The van der Waals surface area contributed by atoms with Crippen LogP contribution in [0.2, 0.25) is 0 Å². The van der Waals surface area contributed by atoms with Crippen molar-refractivity contribution in [3.05, 3.63) is 87.6 Å². The molecule has 8 nitrogen and oxygen atoms in total. The lowest BCUT2D eigenvalue weighted by Gasteiger charge is -2.27. The number of phenolic OH excluding ortho intramolecular Hbond substituents is 1. The number of aliphatic hydroxyl groups is 1. The van der Waals surface area contributed by atoms with Gasteiger partial charge in [-0.15, -0.1) is 0 Å². The standard InChI is InChI=1S/C30H26FNO7/c1-5-15-6-7-16-8-9-17(31)10-18(16)19(15)13-32-29(37)25-22(38-4)11-21(35)26-27(25)39-23-12-20(34)24(14(2)33)28(36)30(23,26)3/h6-12,34-35H,5,13H2,1-4H3,(H,32,37)/t30-/m1/s1. The summed E-state index contributed by atoms with van der Waals surface area (Å²) in [5.74, 6) is -3.54. The molecule has 1 aliphatic carbocycles. The summed E-state index contributed by atoms with van der Waals surface area (Å²) in [7, 11) is 1.32. The molecule has 9 heteroatoms. The fourth-order valence-corrected chi connectivity index (χ4v) is 5.42. The molecule has 3 N–H and O–H groups in total. The first-order valence-electron chi connectivity index (χ1n) is 12.3. The zero-order valence-corrected chi connectivity index (χ0v) is 21.8. The maximum atomic E-state index is 14.1. The number of hydrogen-bond acceptors (Lipinski definition) is 7. The second kappa shape index (κ2) is 9.27. The van der Waals surface area contributed by atoms with Crippen molar-refractivity contribution in [2.75, 3.05) is 7.11 Å². The third-order valence-electron chi connectivity index (χ3n) is 7.43. The second-order valence-corrected chi connectivity index (χ2v) is 9.66. The van der Waals surface area contributed by atoms with Crippen LogP contribution in [0.15, 0.2) is 59.6 Å². The Morgan fingerprint density at radius 1 is 1.15 bits per heavy atom. The lowest BCUT2D eigenvalue weighted by molar-refractivity contribution is -0.123. The normalized spacial score (nSPS) is 17.9. The van der Waals surface area contributed by atoms with Crippen molar-refractivity contribution in [1.29, 1.82) is 0 Å². The summed E-state index contributed by atoms with van der Waals surface area (Å²) < 4.78 is 25.4. The van der Waals surface area contributed by atoms with E-state index >= 15 is 0 Å². The molecule has 1 aliphatic heterocycles. The fourth-order valence-electron chi connectivity index (χ4n) is 5.42. The Morgan fingerprint density at radius 2 is 1.87 bits per heavy atom. The first-order chi connectivity index (χ1) is 18.5. The van der Waals surface area contributed by atoms with Crippen LogP contribution in [0.3, 0.4) is 0 Å². The largest absolute Gasteiger partial charge is 0.507 e. The topological polar surface area (TPSA) is 122 Å².